The maximum atomic E-state index is 12.7. The minimum atomic E-state index is 0.169. The number of ether oxygens (including phenoxy) is 1. The van der Waals surface area contributed by atoms with Gasteiger partial charge in [0.25, 0.3) is 0 Å². The van der Waals surface area contributed by atoms with Crippen molar-refractivity contribution < 1.29 is 9.53 Å². The molecule has 1 aromatic heterocycles. The van der Waals surface area contributed by atoms with Crippen molar-refractivity contribution >= 4 is 5.91 Å². The summed E-state index contributed by atoms with van der Waals surface area (Å²) in [5.74, 6) is 2.12. The van der Waals surface area contributed by atoms with Gasteiger partial charge in [-0.25, -0.2) is 9.97 Å². The highest BCUT2D eigenvalue weighted by Gasteiger charge is 2.30. The fraction of sp³-hybridized carbons (Fsp3) is 0.476. The minimum Gasteiger partial charge on any atom is -0.497 e. The van der Waals surface area contributed by atoms with Gasteiger partial charge in [0.15, 0.2) is 0 Å². The molecule has 1 amide bonds. The lowest BCUT2D eigenvalue weighted by Crippen LogP contribution is -2.30. The van der Waals surface area contributed by atoms with Gasteiger partial charge in [0.2, 0.25) is 5.91 Å². The molecule has 3 heterocycles. The molecule has 1 unspecified atom stereocenters. The molecular formula is C21H26N4O2. The minimum absolute atomic E-state index is 0.169. The second-order valence-electron chi connectivity index (χ2n) is 7.54. The first-order valence-electron chi connectivity index (χ1n) is 9.56. The molecule has 0 saturated carbocycles. The van der Waals surface area contributed by atoms with Crippen molar-refractivity contribution in [1.29, 1.82) is 0 Å². The van der Waals surface area contributed by atoms with Crippen molar-refractivity contribution in [2.45, 2.75) is 31.7 Å². The zero-order valence-electron chi connectivity index (χ0n) is 16.0. The van der Waals surface area contributed by atoms with Crippen LogP contribution in [0.1, 0.15) is 35.0 Å². The average Bonchev–Trinajstić information content (AvgIpc) is 3.18. The van der Waals surface area contributed by atoms with Gasteiger partial charge in [-0.15, -0.1) is 0 Å². The van der Waals surface area contributed by atoms with Crippen LogP contribution < -0.4 is 4.74 Å². The summed E-state index contributed by atoms with van der Waals surface area (Å²) in [5.41, 5.74) is 3.43. The summed E-state index contributed by atoms with van der Waals surface area (Å²) < 4.78 is 5.17. The van der Waals surface area contributed by atoms with Crippen LogP contribution in [-0.2, 0) is 24.2 Å². The van der Waals surface area contributed by atoms with Crippen molar-refractivity contribution in [1.82, 2.24) is 19.8 Å². The Hall–Kier alpha value is -2.47. The van der Waals surface area contributed by atoms with Gasteiger partial charge in [-0.05, 0) is 31.2 Å². The Morgan fingerprint density at radius 2 is 2.07 bits per heavy atom. The molecule has 1 atom stereocenters. The van der Waals surface area contributed by atoms with E-state index in [4.69, 9.17) is 9.72 Å². The lowest BCUT2D eigenvalue weighted by Gasteiger charge is -2.24. The molecule has 0 bridgehead atoms. The fourth-order valence-electron chi connectivity index (χ4n) is 3.90. The summed E-state index contributed by atoms with van der Waals surface area (Å²) in [6, 6.07) is 7.70. The molecule has 2 aromatic rings. The number of likely N-dealkylation sites (tertiary alicyclic amines) is 1. The van der Waals surface area contributed by atoms with Crippen LogP contribution in [-0.4, -0.2) is 59.5 Å². The molecule has 1 saturated heterocycles. The summed E-state index contributed by atoms with van der Waals surface area (Å²) in [5, 5.41) is 0. The zero-order valence-corrected chi connectivity index (χ0v) is 16.0. The number of carbonyl (C=O) groups is 1. The lowest BCUT2D eigenvalue weighted by molar-refractivity contribution is -0.129. The summed E-state index contributed by atoms with van der Waals surface area (Å²) in [4.78, 5) is 26.4. The number of benzene rings is 1. The van der Waals surface area contributed by atoms with Crippen molar-refractivity contribution in [3.8, 4) is 5.75 Å². The van der Waals surface area contributed by atoms with E-state index >= 15 is 0 Å². The Bertz CT molecular complexity index is 821. The van der Waals surface area contributed by atoms with Crippen molar-refractivity contribution in [3.05, 3.63) is 53.1 Å². The molecule has 0 spiro atoms. The molecule has 142 valence electrons. The molecule has 6 nitrogen and oxygen atoms in total. The molecule has 0 N–H and O–H groups in total. The third kappa shape index (κ3) is 3.95. The predicted molar refractivity (Wildman–Crippen MR) is 103 cm³/mol. The molecule has 2 aliphatic rings. The van der Waals surface area contributed by atoms with Gasteiger partial charge in [0.1, 0.15) is 11.6 Å². The first-order valence-corrected chi connectivity index (χ1v) is 9.56. The molecule has 0 aliphatic carbocycles. The van der Waals surface area contributed by atoms with Crippen LogP contribution >= 0.6 is 0 Å². The predicted octanol–water partition coefficient (Wildman–Crippen LogP) is 2.03. The van der Waals surface area contributed by atoms with E-state index in [1.54, 1.807) is 7.11 Å². The summed E-state index contributed by atoms with van der Waals surface area (Å²) in [6.45, 7) is 3.46. The average molecular weight is 366 g/mol. The molecule has 6 heteroatoms. The number of hydrogen-bond donors (Lipinski definition) is 0. The number of aromatic nitrogens is 2. The van der Waals surface area contributed by atoms with Gasteiger partial charge < -0.3 is 14.5 Å². The molecule has 4 rings (SSSR count). The third-order valence-electron chi connectivity index (χ3n) is 5.56. The Balaban J connectivity index is 1.38. The largest absolute Gasteiger partial charge is 0.497 e. The highest BCUT2D eigenvalue weighted by molar-refractivity contribution is 5.79. The van der Waals surface area contributed by atoms with Crippen LogP contribution in [0.25, 0.3) is 0 Å². The SMILES string of the molecule is COc1ccc(CC(=O)N2CCC(c3ncc4c(n3)CCN(C)C4)C2)cc1. The maximum Gasteiger partial charge on any atom is 0.227 e. The lowest BCUT2D eigenvalue weighted by atomic mass is 10.1. The first kappa shape index (κ1) is 17.9. The zero-order chi connectivity index (χ0) is 18.8. The van der Waals surface area contributed by atoms with E-state index in [0.29, 0.717) is 13.0 Å². The highest BCUT2D eigenvalue weighted by atomic mass is 16.5. The van der Waals surface area contributed by atoms with Crippen LogP contribution in [0.5, 0.6) is 5.75 Å². The number of fused-ring (bicyclic) bond motifs is 1. The van der Waals surface area contributed by atoms with Crippen LogP contribution in [0.15, 0.2) is 30.5 Å². The number of likely N-dealkylation sites (N-methyl/N-ethyl adjacent to an activating group) is 1. The Kier molecular flexibility index (Phi) is 5.07. The van der Waals surface area contributed by atoms with Crippen molar-refractivity contribution in [2.75, 3.05) is 33.8 Å². The summed E-state index contributed by atoms with van der Waals surface area (Å²) in [7, 11) is 3.77. The molecule has 1 fully saturated rings. The van der Waals surface area contributed by atoms with Gasteiger partial charge in [-0.1, -0.05) is 12.1 Å². The van der Waals surface area contributed by atoms with Crippen LogP contribution in [0.4, 0.5) is 0 Å². The van der Waals surface area contributed by atoms with E-state index in [2.05, 4.69) is 16.9 Å². The van der Waals surface area contributed by atoms with Crippen molar-refractivity contribution in [2.24, 2.45) is 0 Å². The summed E-state index contributed by atoms with van der Waals surface area (Å²) >= 11 is 0. The van der Waals surface area contributed by atoms with E-state index in [1.807, 2.05) is 35.4 Å². The number of nitrogens with zero attached hydrogens (tertiary/aromatic N) is 4. The second kappa shape index (κ2) is 7.64. The van der Waals surface area contributed by atoms with E-state index in [1.165, 1.54) is 11.3 Å². The Labute approximate surface area is 160 Å². The number of rotatable bonds is 4. The van der Waals surface area contributed by atoms with Gasteiger partial charge in [0, 0.05) is 56.0 Å². The first-order chi connectivity index (χ1) is 13.1. The molecular weight excluding hydrogens is 340 g/mol. The maximum absolute atomic E-state index is 12.7. The molecule has 0 radical (unpaired) electrons. The topological polar surface area (TPSA) is 58.6 Å². The van der Waals surface area contributed by atoms with Gasteiger partial charge >= 0.3 is 0 Å². The van der Waals surface area contributed by atoms with Crippen LogP contribution in [0, 0.1) is 0 Å². The van der Waals surface area contributed by atoms with E-state index in [-0.39, 0.29) is 11.8 Å². The molecule has 1 aromatic carbocycles. The standard InChI is InChI=1S/C21H26N4O2/c1-24-9-8-19-17(13-24)12-22-21(23-19)16-7-10-25(14-16)20(26)11-15-3-5-18(27-2)6-4-15/h3-6,12,16H,7-11,13-14H2,1-2H3. The number of methoxy groups -OCH3 is 1. The second-order valence-corrected chi connectivity index (χ2v) is 7.54. The third-order valence-corrected chi connectivity index (χ3v) is 5.56. The van der Waals surface area contributed by atoms with Gasteiger partial charge in [-0.3, -0.25) is 4.79 Å². The number of amides is 1. The monoisotopic (exact) mass is 366 g/mol. The highest BCUT2D eigenvalue weighted by Crippen LogP contribution is 2.27. The van der Waals surface area contributed by atoms with Gasteiger partial charge in [-0.2, -0.15) is 0 Å². The number of carbonyl (C=O) groups excluding carboxylic acids is 1. The van der Waals surface area contributed by atoms with Crippen LogP contribution in [0.3, 0.4) is 0 Å². The summed E-state index contributed by atoms with van der Waals surface area (Å²) in [6.07, 6.45) is 4.32. The Morgan fingerprint density at radius 3 is 2.85 bits per heavy atom. The fourth-order valence-corrected chi connectivity index (χ4v) is 3.90. The molecule has 2 aliphatic heterocycles. The van der Waals surface area contributed by atoms with Crippen molar-refractivity contribution in [3.63, 3.8) is 0 Å². The van der Waals surface area contributed by atoms with E-state index < -0.39 is 0 Å². The number of hydrogen-bond acceptors (Lipinski definition) is 5. The Morgan fingerprint density at radius 1 is 1.26 bits per heavy atom. The van der Waals surface area contributed by atoms with Gasteiger partial charge in [0.05, 0.1) is 13.5 Å². The van der Waals surface area contributed by atoms with E-state index in [0.717, 1.165) is 49.6 Å². The smallest absolute Gasteiger partial charge is 0.227 e. The molecule has 27 heavy (non-hydrogen) atoms. The van der Waals surface area contributed by atoms with E-state index in [9.17, 15) is 4.79 Å². The quantitative estimate of drug-likeness (QED) is 0.829. The normalized spacial score (nSPS) is 19.8. The van der Waals surface area contributed by atoms with Crippen LogP contribution in [0.2, 0.25) is 0 Å².